The molecule has 2 atom stereocenters. The number of phosphoric ester groups is 1. The molecular weight excluding hydrogens is 403 g/mol. The van der Waals surface area contributed by atoms with Gasteiger partial charge in [0.25, 0.3) is 0 Å². The van der Waals surface area contributed by atoms with E-state index in [1.165, 1.54) is 6.92 Å². The molecule has 10 heteroatoms. The summed E-state index contributed by atoms with van der Waals surface area (Å²) in [5.74, 6) is -0.233. The molecule has 1 aromatic carbocycles. The monoisotopic (exact) mass is 431 g/mol. The Labute approximate surface area is 211 Å². The van der Waals surface area contributed by atoms with E-state index in [1.807, 2.05) is 0 Å². The zero-order valence-electron chi connectivity index (χ0n) is 17.3. The SMILES string of the molecule is CCCCCCCC(=O)N[C@H](c1cccc(CO)c1)[C@H](C)OP(=O)([O-])[O-].[Na+].[Na+]. The molecule has 2 N–H and O–H groups in total. The molecule has 1 rings (SSSR count). The van der Waals surface area contributed by atoms with Crippen LogP contribution in [0.25, 0.3) is 0 Å². The van der Waals surface area contributed by atoms with Crippen molar-refractivity contribution in [3.05, 3.63) is 35.4 Å². The van der Waals surface area contributed by atoms with E-state index in [2.05, 4.69) is 16.8 Å². The van der Waals surface area contributed by atoms with E-state index in [1.54, 1.807) is 24.3 Å². The molecule has 0 unspecified atom stereocenters. The molecule has 0 aliphatic carbocycles. The molecular formula is C18H28NNa2O6P. The summed E-state index contributed by atoms with van der Waals surface area (Å²) >= 11 is 0. The van der Waals surface area contributed by atoms with Gasteiger partial charge in [0.05, 0.1) is 26.6 Å². The van der Waals surface area contributed by atoms with Crippen molar-refractivity contribution in [3.63, 3.8) is 0 Å². The van der Waals surface area contributed by atoms with Gasteiger partial charge >= 0.3 is 59.1 Å². The largest absolute Gasteiger partial charge is 1.00 e. The van der Waals surface area contributed by atoms with Crippen LogP contribution in [0.2, 0.25) is 0 Å². The molecule has 0 spiro atoms. The molecule has 0 aliphatic rings. The summed E-state index contributed by atoms with van der Waals surface area (Å²) in [7, 11) is -5.19. The van der Waals surface area contributed by atoms with Crippen molar-refractivity contribution in [2.24, 2.45) is 0 Å². The fraction of sp³-hybridized carbons (Fsp3) is 0.611. The van der Waals surface area contributed by atoms with Gasteiger partial charge in [0.1, 0.15) is 0 Å². The predicted molar refractivity (Wildman–Crippen MR) is 94.8 cm³/mol. The number of nitrogens with one attached hydrogen (secondary N) is 1. The number of aliphatic hydroxyl groups excluding tert-OH is 1. The van der Waals surface area contributed by atoms with Gasteiger partial charge in [0.2, 0.25) is 5.91 Å². The summed E-state index contributed by atoms with van der Waals surface area (Å²) in [6.07, 6.45) is 4.27. The molecule has 0 bridgehead atoms. The van der Waals surface area contributed by atoms with Crippen LogP contribution in [0, 0.1) is 0 Å². The van der Waals surface area contributed by atoms with Gasteiger partial charge < -0.3 is 29.3 Å². The first-order valence-corrected chi connectivity index (χ1v) is 10.4. The minimum absolute atomic E-state index is 0. The normalized spacial score (nSPS) is 13.0. The van der Waals surface area contributed by atoms with Crippen molar-refractivity contribution in [1.29, 1.82) is 0 Å². The molecule has 1 aromatic rings. The van der Waals surface area contributed by atoms with Crippen molar-refractivity contribution < 1.29 is 87.9 Å². The Kier molecular flexibility index (Phi) is 18.2. The second-order valence-corrected chi connectivity index (χ2v) is 7.48. The van der Waals surface area contributed by atoms with Crippen LogP contribution < -0.4 is 74.2 Å². The number of hydrogen-bond donors (Lipinski definition) is 2. The second-order valence-electron chi connectivity index (χ2n) is 6.37. The number of phosphoric acid groups is 1. The van der Waals surface area contributed by atoms with Crippen molar-refractivity contribution in [2.75, 3.05) is 0 Å². The van der Waals surface area contributed by atoms with Gasteiger partial charge in [-0.25, -0.2) is 0 Å². The smallest absolute Gasteiger partial charge is 0.790 e. The summed E-state index contributed by atoms with van der Waals surface area (Å²) in [4.78, 5) is 34.2. The Morgan fingerprint density at radius 3 is 2.43 bits per heavy atom. The molecule has 7 nitrogen and oxygen atoms in total. The van der Waals surface area contributed by atoms with Crippen LogP contribution >= 0.6 is 7.82 Å². The summed E-state index contributed by atoms with van der Waals surface area (Å²) in [6, 6.07) is 5.92. The van der Waals surface area contributed by atoms with Gasteiger partial charge in [0, 0.05) is 6.42 Å². The average molecular weight is 431 g/mol. The molecule has 28 heavy (non-hydrogen) atoms. The third kappa shape index (κ3) is 13.1. The Bertz CT molecular complexity index is 613. The molecule has 1 amide bonds. The van der Waals surface area contributed by atoms with E-state index in [0.717, 1.165) is 32.1 Å². The van der Waals surface area contributed by atoms with Crippen LogP contribution in [0.15, 0.2) is 24.3 Å². The fourth-order valence-corrected chi connectivity index (χ4v) is 3.28. The van der Waals surface area contributed by atoms with Crippen LogP contribution in [0.3, 0.4) is 0 Å². The number of carbonyl (C=O) groups excluding carboxylic acids is 1. The third-order valence-corrected chi connectivity index (χ3v) is 4.67. The first kappa shape index (κ1) is 30.9. The maximum atomic E-state index is 12.2. The standard InChI is InChI=1S/C18H30NO6P.2Na/c1-3-4-5-6-7-11-17(21)19-18(14(2)25-26(22,23)24)16-10-8-9-15(12-16)13-20;;/h8-10,12,14,18,20H,3-7,11,13H2,1-2H3,(H,19,21)(H2,22,23,24);;/q;2*+1/p-2/t14-,18-;;/m0../s1. The molecule has 0 saturated carbocycles. The second kappa shape index (κ2) is 16.5. The van der Waals surface area contributed by atoms with Crippen LogP contribution in [0.4, 0.5) is 0 Å². The minimum atomic E-state index is -5.19. The van der Waals surface area contributed by atoms with Crippen molar-refractivity contribution in [3.8, 4) is 0 Å². The Morgan fingerprint density at radius 1 is 1.21 bits per heavy atom. The molecule has 0 radical (unpaired) electrons. The maximum absolute atomic E-state index is 12.2. The molecule has 0 fully saturated rings. The summed E-state index contributed by atoms with van der Waals surface area (Å²) in [5, 5.41) is 12.0. The number of amides is 1. The van der Waals surface area contributed by atoms with Crippen LogP contribution in [0.5, 0.6) is 0 Å². The summed E-state index contributed by atoms with van der Waals surface area (Å²) in [6.45, 7) is 3.34. The number of rotatable bonds is 12. The zero-order chi connectivity index (χ0) is 19.6. The molecule has 148 valence electrons. The molecule has 0 aromatic heterocycles. The first-order valence-electron chi connectivity index (χ1n) is 8.96. The van der Waals surface area contributed by atoms with Crippen molar-refractivity contribution >= 4 is 13.7 Å². The minimum Gasteiger partial charge on any atom is -0.790 e. The molecule has 0 aliphatic heterocycles. The van der Waals surface area contributed by atoms with Crippen molar-refractivity contribution in [1.82, 2.24) is 5.32 Å². The Morgan fingerprint density at radius 2 is 1.86 bits per heavy atom. The molecule has 0 saturated heterocycles. The van der Waals surface area contributed by atoms with Crippen LogP contribution in [-0.4, -0.2) is 17.1 Å². The number of benzene rings is 1. The number of hydrogen-bond acceptors (Lipinski definition) is 6. The quantitative estimate of drug-likeness (QED) is 0.197. The van der Waals surface area contributed by atoms with Gasteiger partial charge in [-0.1, -0.05) is 56.9 Å². The first-order chi connectivity index (χ1) is 12.3. The van der Waals surface area contributed by atoms with Crippen molar-refractivity contribution in [2.45, 2.75) is 71.1 Å². The Hall–Kier alpha value is 0.760. The van der Waals surface area contributed by atoms with Gasteiger partial charge in [-0.2, -0.15) is 0 Å². The zero-order valence-corrected chi connectivity index (χ0v) is 22.2. The van der Waals surface area contributed by atoms with Gasteiger partial charge in [-0.15, -0.1) is 0 Å². The van der Waals surface area contributed by atoms with E-state index in [0.29, 0.717) is 17.5 Å². The summed E-state index contributed by atoms with van der Waals surface area (Å²) < 4.78 is 15.5. The topological polar surface area (TPSA) is 122 Å². The fourth-order valence-electron chi connectivity index (χ4n) is 2.76. The average Bonchev–Trinajstić information content (AvgIpc) is 2.58. The van der Waals surface area contributed by atoms with E-state index >= 15 is 0 Å². The van der Waals surface area contributed by atoms with Gasteiger partial charge in [-0.05, 0) is 24.5 Å². The Balaban J connectivity index is 0. The van der Waals surface area contributed by atoms with E-state index in [-0.39, 0.29) is 71.6 Å². The number of aliphatic hydroxyl groups is 1. The van der Waals surface area contributed by atoms with E-state index in [9.17, 15) is 24.3 Å². The third-order valence-electron chi connectivity index (χ3n) is 4.08. The van der Waals surface area contributed by atoms with E-state index in [4.69, 9.17) is 0 Å². The summed E-state index contributed by atoms with van der Waals surface area (Å²) in [5.41, 5.74) is 1.18. The maximum Gasteiger partial charge on any atom is 1.00 e. The molecule has 0 heterocycles. The van der Waals surface area contributed by atoms with E-state index < -0.39 is 20.0 Å². The number of carbonyl (C=O) groups is 1. The predicted octanol–water partition coefficient (Wildman–Crippen LogP) is -4.06. The van der Waals surface area contributed by atoms with Crippen LogP contribution in [0.1, 0.15) is 69.5 Å². The van der Waals surface area contributed by atoms with Gasteiger partial charge in [-0.3, -0.25) is 4.79 Å². The van der Waals surface area contributed by atoms with Gasteiger partial charge in [0.15, 0.2) is 0 Å². The number of unbranched alkanes of at least 4 members (excludes halogenated alkanes) is 4. The van der Waals surface area contributed by atoms with Crippen LogP contribution in [-0.2, 0) is 20.5 Å².